The Hall–Kier alpha value is -2.51. The van der Waals surface area contributed by atoms with E-state index in [-0.39, 0.29) is 34.7 Å². The van der Waals surface area contributed by atoms with E-state index in [1.54, 1.807) is 6.92 Å². The average Bonchev–Trinajstić information content (AvgIpc) is 2.99. The van der Waals surface area contributed by atoms with Crippen molar-refractivity contribution in [3.05, 3.63) is 51.7 Å². The lowest BCUT2D eigenvalue weighted by Gasteiger charge is -2.40. The van der Waals surface area contributed by atoms with Gasteiger partial charge in [0.05, 0.1) is 12.6 Å². The number of aliphatic hydroxyl groups excluding tert-OH is 1. The van der Waals surface area contributed by atoms with Gasteiger partial charge in [-0.15, -0.1) is 0 Å². The highest BCUT2D eigenvalue weighted by Gasteiger charge is 2.65. The van der Waals surface area contributed by atoms with Crippen molar-refractivity contribution >= 4 is 21.3 Å². The minimum absolute atomic E-state index is 0.0161. The van der Waals surface area contributed by atoms with Gasteiger partial charge in [0.15, 0.2) is 5.65 Å². The Labute approximate surface area is 160 Å². The highest BCUT2D eigenvalue weighted by atomic mass is 32.5. The molecule has 2 N–H and O–H groups in total. The molecular weight excluding hydrogens is 423 g/mol. The largest absolute Gasteiger partial charge is 0.390 e. The Morgan fingerprint density at radius 1 is 1.21 bits per heavy atom. The van der Waals surface area contributed by atoms with Gasteiger partial charge >= 0.3 is 10.2 Å². The molecule has 0 saturated heterocycles. The van der Waals surface area contributed by atoms with E-state index in [9.17, 15) is 29.3 Å². The molecule has 0 aliphatic rings. The minimum atomic E-state index is -9.78. The van der Waals surface area contributed by atoms with E-state index in [4.69, 9.17) is 4.74 Å². The summed E-state index contributed by atoms with van der Waals surface area (Å²) in [6, 6.07) is 1.67. The molecule has 7 nitrogen and oxygen atoms in total. The van der Waals surface area contributed by atoms with Gasteiger partial charge in [0.2, 0.25) is 0 Å². The minimum Gasteiger partial charge on any atom is -0.390 e. The van der Waals surface area contributed by atoms with Crippen LogP contribution in [0.4, 0.5) is 19.4 Å². The Morgan fingerprint density at radius 2 is 1.83 bits per heavy atom. The first-order valence-corrected chi connectivity index (χ1v) is 10.1. The number of halogens is 5. The van der Waals surface area contributed by atoms with E-state index in [1.165, 1.54) is 11.8 Å². The quantitative estimate of drug-likeness (QED) is 0.565. The maximum absolute atomic E-state index is 12.9. The first-order chi connectivity index (χ1) is 13.2. The van der Waals surface area contributed by atoms with Crippen LogP contribution in [0.3, 0.4) is 0 Å². The van der Waals surface area contributed by atoms with Gasteiger partial charge in [0, 0.05) is 7.11 Å². The molecule has 0 radical (unpaired) electrons. The molecular formula is C16H17F5N4O3S. The summed E-state index contributed by atoms with van der Waals surface area (Å²) in [6.45, 7) is 0.951. The van der Waals surface area contributed by atoms with Crippen molar-refractivity contribution < 1.29 is 29.3 Å². The van der Waals surface area contributed by atoms with Gasteiger partial charge in [0.25, 0.3) is 5.56 Å². The number of ether oxygens (including phenoxy) is 1. The van der Waals surface area contributed by atoms with Crippen LogP contribution in [0.2, 0.25) is 0 Å². The van der Waals surface area contributed by atoms with Crippen LogP contribution in [-0.4, -0.2) is 32.0 Å². The molecule has 0 spiro atoms. The number of hydrogen-bond acceptors (Lipinski definition) is 5. The van der Waals surface area contributed by atoms with Crippen LogP contribution in [0.15, 0.2) is 34.0 Å². The summed E-state index contributed by atoms with van der Waals surface area (Å²) in [4.78, 5) is 17.1. The van der Waals surface area contributed by atoms with E-state index in [0.717, 1.165) is 12.1 Å². The van der Waals surface area contributed by atoms with Crippen LogP contribution >= 0.6 is 10.2 Å². The highest BCUT2D eigenvalue weighted by molar-refractivity contribution is 8.45. The second kappa shape index (κ2) is 6.24. The summed E-state index contributed by atoms with van der Waals surface area (Å²) in [6.07, 6.45) is 0. The van der Waals surface area contributed by atoms with E-state index in [1.807, 2.05) is 0 Å². The number of aliphatic hydroxyl groups is 1. The number of hydrogen-bond donors (Lipinski definition) is 2. The lowest BCUT2D eigenvalue weighted by molar-refractivity contribution is 0.178. The van der Waals surface area contributed by atoms with Gasteiger partial charge in [0.1, 0.15) is 28.4 Å². The Morgan fingerprint density at radius 3 is 2.34 bits per heavy atom. The number of aromatic amines is 1. The van der Waals surface area contributed by atoms with Gasteiger partial charge in [-0.05, 0) is 24.6 Å². The third kappa shape index (κ3) is 4.11. The zero-order valence-corrected chi connectivity index (χ0v) is 16.0. The fourth-order valence-corrected chi connectivity index (χ4v) is 3.54. The molecule has 3 rings (SSSR count). The fourth-order valence-electron chi connectivity index (χ4n) is 2.89. The molecule has 3 aromatic rings. The molecule has 1 atom stereocenters. The van der Waals surface area contributed by atoms with Gasteiger partial charge in [-0.2, -0.15) is 5.10 Å². The predicted octanol–water partition coefficient (Wildman–Crippen LogP) is 4.03. The van der Waals surface area contributed by atoms with E-state index >= 15 is 0 Å². The summed E-state index contributed by atoms with van der Waals surface area (Å²) in [7, 11) is -8.39. The molecule has 0 aliphatic carbocycles. The van der Waals surface area contributed by atoms with E-state index < -0.39 is 33.3 Å². The summed E-state index contributed by atoms with van der Waals surface area (Å²) in [5.74, 6) is 0.180. The Kier molecular flexibility index (Phi) is 4.56. The molecule has 160 valence electrons. The fraction of sp³-hybridized carbons (Fsp3) is 0.312. The van der Waals surface area contributed by atoms with Crippen LogP contribution in [0.5, 0.6) is 0 Å². The third-order valence-corrected chi connectivity index (χ3v) is 5.45. The van der Waals surface area contributed by atoms with E-state index in [0.29, 0.717) is 12.1 Å². The summed E-state index contributed by atoms with van der Waals surface area (Å²) in [5.41, 5.74) is -0.247. The number of nitrogens with one attached hydrogen (secondary N) is 1. The molecule has 0 unspecified atom stereocenters. The molecule has 13 heteroatoms. The Bertz CT molecular complexity index is 1130. The smallest absolute Gasteiger partial charge is 0.310 e. The average molecular weight is 440 g/mol. The van der Waals surface area contributed by atoms with Crippen LogP contribution in [0.25, 0.3) is 11.0 Å². The summed E-state index contributed by atoms with van der Waals surface area (Å²) < 4.78 is 70.8. The zero-order chi connectivity index (χ0) is 21.7. The van der Waals surface area contributed by atoms with Crippen molar-refractivity contribution in [2.45, 2.75) is 31.1 Å². The molecule has 0 bridgehead atoms. The summed E-state index contributed by atoms with van der Waals surface area (Å²) in [5, 5.41) is 13.6. The predicted molar refractivity (Wildman–Crippen MR) is 96.4 cm³/mol. The monoisotopic (exact) mass is 440 g/mol. The summed E-state index contributed by atoms with van der Waals surface area (Å²) >= 11 is 0. The van der Waals surface area contributed by atoms with Crippen molar-refractivity contribution in [2.24, 2.45) is 0 Å². The Balaban J connectivity index is 2.12. The lowest BCUT2D eigenvalue weighted by atomic mass is 10.1. The molecule has 0 fully saturated rings. The molecule has 0 aliphatic heterocycles. The van der Waals surface area contributed by atoms with Gasteiger partial charge < -0.3 is 14.8 Å². The first-order valence-electron chi connectivity index (χ1n) is 8.19. The number of aromatic nitrogens is 4. The maximum Gasteiger partial charge on any atom is 0.310 e. The molecule has 0 saturated carbocycles. The molecule has 0 amide bonds. The maximum atomic E-state index is 12.9. The third-order valence-electron chi connectivity index (χ3n) is 4.29. The SMILES string of the molecule is COCc1nc2c(c(CO)nn2[C@H](C)c2ccc(S(F)(F)(F)(F)F)cc2)c(=O)[nH]1. The van der Waals surface area contributed by atoms with Gasteiger partial charge in [-0.3, -0.25) is 4.79 Å². The highest BCUT2D eigenvalue weighted by Crippen LogP contribution is 3.02. The second-order valence-corrected chi connectivity index (χ2v) is 8.82. The normalized spacial score (nSPS) is 15.9. The van der Waals surface area contributed by atoms with Crippen molar-refractivity contribution in [2.75, 3.05) is 7.11 Å². The second-order valence-electron chi connectivity index (χ2n) is 6.41. The lowest BCUT2D eigenvalue weighted by Crippen LogP contribution is -2.15. The number of nitrogens with zero attached hydrogens (tertiary/aromatic N) is 3. The zero-order valence-electron chi connectivity index (χ0n) is 15.2. The van der Waals surface area contributed by atoms with Crippen LogP contribution in [0, 0.1) is 0 Å². The van der Waals surface area contributed by atoms with Crippen molar-refractivity contribution in [3.8, 4) is 0 Å². The van der Waals surface area contributed by atoms with Crippen LogP contribution < -0.4 is 5.56 Å². The van der Waals surface area contributed by atoms with E-state index in [2.05, 4.69) is 15.1 Å². The number of methoxy groups -OCH3 is 1. The molecule has 2 aromatic heterocycles. The molecule has 1 aromatic carbocycles. The van der Waals surface area contributed by atoms with Crippen molar-refractivity contribution in [1.82, 2.24) is 19.7 Å². The number of fused-ring (bicyclic) bond motifs is 1. The van der Waals surface area contributed by atoms with Gasteiger partial charge in [-0.25, -0.2) is 9.67 Å². The van der Waals surface area contributed by atoms with Crippen molar-refractivity contribution in [1.29, 1.82) is 0 Å². The van der Waals surface area contributed by atoms with Crippen LogP contribution in [0.1, 0.15) is 30.0 Å². The van der Waals surface area contributed by atoms with Gasteiger partial charge in [-0.1, -0.05) is 31.6 Å². The molecule has 2 heterocycles. The molecule has 29 heavy (non-hydrogen) atoms. The number of rotatable bonds is 6. The first kappa shape index (κ1) is 21.2. The number of benzene rings is 1. The topological polar surface area (TPSA) is 93.0 Å². The van der Waals surface area contributed by atoms with Crippen molar-refractivity contribution in [3.63, 3.8) is 0 Å². The van der Waals surface area contributed by atoms with Crippen LogP contribution in [-0.2, 0) is 18.0 Å². The number of H-pyrrole nitrogens is 1. The standard InChI is InChI=1S/C16H17F5N4O3S/c1-9(10-3-5-11(6-4-10)29(17,18,19,20)21)25-15-14(12(7-26)24-25)16(27)23-13(22-15)8-28-2/h3-6,9,26H,7-8H2,1-2H3,(H,22,23,27)/t9-/m1/s1.